The number of benzene rings is 7. The minimum absolute atomic E-state index is 0.00830. The second-order valence-corrected chi connectivity index (χ2v) is 18.9. The monoisotopic (exact) mass is 722 g/mol. The molecular formula is C55H62. The normalized spacial score (nSPS) is 14.0. The number of rotatable bonds is 12. The van der Waals surface area contributed by atoms with Gasteiger partial charge in [-0.15, -0.1) is 0 Å². The average molecular weight is 723 g/mol. The summed E-state index contributed by atoms with van der Waals surface area (Å²) >= 11 is 0. The lowest BCUT2D eigenvalue weighted by Crippen LogP contribution is -2.26. The van der Waals surface area contributed by atoms with E-state index in [0.29, 0.717) is 0 Å². The molecule has 8 rings (SSSR count). The van der Waals surface area contributed by atoms with Crippen LogP contribution in [0.3, 0.4) is 0 Å². The van der Waals surface area contributed by atoms with Crippen molar-refractivity contribution in [3.05, 3.63) is 131 Å². The first-order valence-corrected chi connectivity index (χ1v) is 21.6. The van der Waals surface area contributed by atoms with Gasteiger partial charge in [-0.1, -0.05) is 198 Å². The van der Waals surface area contributed by atoms with Crippen LogP contribution in [0.25, 0.3) is 65.7 Å². The van der Waals surface area contributed by atoms with Gasteiger partial charge in [0.05, 0.1) is 0 Å². The van der Waals surface area contributed by atoms with Gasteiger partial charge in [0.1, 0.15) is 0 Å². The van der Waals surface area contributed by atoms with Gasteiger partial charge in [0.15, 0.2) is 0 Å². The Balaban J connectivity index is 1.57. The van der Waals surface area contributed by atoms with Crippen molar-refractivity contribution in [3.8, 4) is 33.4 Å². The van der Waals surface area contributed by atoms with Crippen LogP contribution in [0.4, 0.5) is 0 Å². The molecule has 0 amide bonds. The van der Waals surface area contributed by atoms with E-state index in [2.05, 4.69) is 165 Å². The quantitative estimate of drug-likeness (QED) is 0.0870. The molecule has 0 nitrogen and oxygen atoms in total. The summed E-state index contributed by atoms with van der Waals surface area (Å²) in [5.74, 6) is 0. The summed E-state index contributed by atoms with van der Waals surface area (Å²) in [4.78, 5) is 0. The van der Waals surface area contributed by atoms with Crippen molar-refractivity contribution in [1.29, 1.82) is 0 Å². The van der Waals surface area contributed by atoms with E-state index in [1.165, 1.54) is 141 Å². The third kappa shape index (κ3) is 6.48. The molecule has 0 aliphatic heterocycles. The van der Waals surface area contributed by atoms with Gasteiger partial charge >= 0.3 is 0 Å². The number of unbranched alkanes of at least 4 members (excludes halogenated alkanes) is 6. The summed E-state index contributed by atoms with van der Waals surface area (Å²) in [6.07, 6.45) is 12.7. The second-order valence-electron chi connectivity index (χ2n) is 18.9. The molecule has 1 aliphatic rings. The highest BCUT2D eigenvalue weighted by atomic mass is 14.5. The van der Waals surface area contributed by atoms with Gasteiger partial charge in [0.2, 0.25) is 0 Å². The van der Waals surface area contributed by atoms with Crippen LogP contribution >= 0.6 is 0 Å². The summed E-state index contributed by atoms with van der Waals surface area (Å²) < 4.78 is 0. The third-order valence-electron chi connectivity index (χ3n) is 13.1. The summed E-state index contributed by atoms with van der Waals surface area (Å²) in [5.41, 5.74) is 14.3. The van der Waals surface area contributed by atoms with E-state index in [9.17, 15) is 0 Å². The molecule has 0 saturated carbocycles. The van der Waals surface area contributed by atoms with Crippen LogP contribution < -0.4 is 0 Å². The van der Waals surface area contributed by atoms with Gasteiger partial charge in [-0.2, -0.15) is 0 Å². The Labute approximate surface area is 331 Å². The van der Waals surface area contributed by atoms with Crippen LogP contribution in [-0.4, -0.2) is 0 Å². The van der Waals surface area contributed by atoms with Crippen molar-refractivity contribution in [3.63, 3.8) is 0 Å². The Morgan fingerprint density at radius 1 is 0.455 bits per heavy atom. The van der Waals surface area contributed by atoms with Gasteiger partial charge in [0.25, 0.3) is 0 Å². The fraction of sp³-hybridized carbons (Fsp3) is 0.382. The Morgan fingerprint density at radius 2 is 1.00 bits per heavy atom. The zero-order valence-corrected chi connectivity index (χ0v) is 35.0. The largest absolute Gasteiger partial charge is 0.0654 e. The Hall–Kier alpha value is -4.42. The van der Waals surface area contributed by atoms with E-state index in [-0.39, 0.29) is 16.2 Å². The smallest absolute Gasteiger partial charge is 0.0221 e. The summed E-state index contributed by atoms with van der Waals surface area (Å²) in [7, 11) is 0. The minimum Gasteiger partial charge on any atom is -0.0654 e. The molecule has 0 unspecified atom stereocenters. The molecule has 282 valence electrons. The Morgan fingerprint density at radius 3 is 1.64 bits per heavy atom. The molecule has 0 heteroatoms. The van der Waals surface area contributed by atoms with Crippen LogP contribution in [0.1, 0.15) is 142 Å². The Kier molecular flexibility index (Phi) is 9.94. The van der Waals surface area contributed by atoms with Crippen molar-refractivity contribution >= 4 is 32.3 Å². The van der Waals surface area contributed by atoms with E-state index < -0.39 is 0 Å². The van der Waals surface area contributed by atoms with Crippen LogP contribution in [-0.2, 0) is 16.2 Å². The molecule has 0 radical (unpaired) electrons. The molecule has 0 fully saturated rings. The van der Waals surface area contributed by atoms with Crippen LogP contribution in [0.5, 0.6) is 0 Å². The van der Waals surface area contributed by atoms with Crippen LogP contribution in [0, 0.1) is 0 Å². The average Bonchev–Trinajstić information content (AvgIpc) is 3.47. The maximum absolute atomic E-state index is 2.66. The van der Waals surface area contributed by atoms with Crippen molar-refractivity contribution in [1.82, 2.24) is 0 Å². The standard InChI is InChI=1S/C55H62/c1-9-11-13-22-30-55(31-23-14-12-10-2)48-29-21-20-28-43(48)51-46-35-39(53(3,4)5)32-38-33-44(42-27-19-18-26-41(42)37-24-16-15-17-25-37)45-34-40(54(6,7)8)36-47(52(51)55)50(45)49(38)46/h15-21,24-29,32-36H,9-14,22-23,30-31H2,1-8H3. The lowest BCUT2D eigenvalue weighted by Gasteiger charge is -2.35. The summed E-state index contributed by atoms with van der Waals surface area (Å²) in [5, 5.41) is 8.64. The maximum atomic E-state index is 2.66. The van der Waals surface area contributed by atoms with E-state index in [1.807, 2.05) is 0 Å². The van der Waals surface area contributed by atoms with Crippen LogP contribution in [0.2, 0.25) is 0 Å². The summed E-state index contributed by atoms with van der Waals surface area (Å²) in [6.45, 7) is 19.1. The first-order chi connectivity index (χ1) is 26.5. The van der Waals surface area contributed by atoms with E-state index >= 15 is 0 Å². The van der Waals surface area contributed by atoms with Gasteiger partial charge in [-0.05, 0) is 130 Å². The van der Waals surface area contributed by atoms with Crippen LogP contribution in [0.15, 0.2) is 109 Å². The SMILES string of the molecule is CCCCCCC1(CCCCCC)c2ccccc2-c2c1c1cc(C(C)(C)C)cc3c(-c4ccccc4-c4ccccc4)cc4cc(C(C)(C)C)cc2c4c31. The fourth-order valence-corrected chi connectivity index (χ4v) is 10.1. The van der Waals surface area contributed by atoms with Crippen molar-refractivity contribution in [2.45, 2.75) is 136 Å². The van der Waals surface area contributed by atoms with E-state index in [0.717, 1.165) is 0 Å². The molecule has 0 bridgehead atoms. The minimum atomic E-state index is -0.0173. The van der Waals surface area contributed by atoms with Gasteiger partial charge in [0, 0.05) is 5.41 Å². The van der Waals surface area contributed by atoms with Gasteiger partial charge in [-0.25, -0.2) is 0 Å². The molecule has 0 spiro atoms. The van der Waals surface area contributed by atoms with E-state index in [4.69, 9.17) is 0 Å². The van der Waals surface area contributed by atoms with E-state index in [1.54, 1.807) is 11.1 Å². The first-order valence-electron chi connectivity index (χ1n) is 21.6. The van der Waals surface area contributed by atoms with Gasteiger partial charge < -0.3 is 0 Å². The molecule has 0 aromatic heterocycles. The highest BCUT2D eigenvalue weighted by Crippen LogP contribution is 2.61. The molecule has 0 atom stereocenters. The molecule has 0 saturated heterocycles. The predicted octanol–water partition coefficient (Wildman–Crippen LogP) is 16.7. The lowest BCUT2D eigenvalue weighted by molar-refractivity contribution is 0.403. The molecule has 7 aromatic rings. The molecule has 0 N–H and O–H groups in total. The fourth-order valence-electron chi connectivity index (χ4n) is 10.1. The Bertz CT molecular complexity index is 2450. The van der Waals surface area contributed by atoms with Crippen molar-refractivity contribution in [2.75, 3.05) is 0 Å². The maximum Gasteiger partial charge on any atom is 0.0221 e. The number of hydrogen-bond acceptors (Lipinski definition) is 0. The topological polar surface area (TPSA) is 0 Å². The molecule has 0 heterocycles. The lowest BCUT2D eigenvalue weighted by atomic mass is 9.68. The molecule has 55 heavy (non-hydrogen) atoms. The highest BCUT2D eigenvalue weighted by molar-refractivity contribution is 6.31. The van der Waals surface area contributed by atoms with Gasteiger partial charge in [-0.3, -0.25) is 0 Å². The molecule has 1 aliphatic carbocycles. The molecule has 7 aromatic carbocycles. The van der Waals surface area contributed by atoms with Crippen molar-refractivity contribution in [2.24, 2.45) is 0 Å². The number of fused-ring (bicyclic) bond motifs is 5. The predicted molar refractivity (Wildman–Crippen MR) is 242 cm³/mol. The van der Waals surface area contributed by atoms with Crippen molar-refractivity contribution < 1.29 is 0 Å². The second kappa shape index (κ2) is 14.6. The zero-order valence-electron chi connectivity index (χ0n) is 35.0. The first kappa shape index (κ1) is 37.5. The highest BCUT2D eigenvalue weighted by Gasteiger charge is 2.45. The zero-order chi connectivity index (χ0) is 38.5. The third-order valence-corrected chi connectivity index (χ3v) is 13.1. The molecular weight excluding hydrogens is 661 g/mol. The number of hydrogen-bond donors (Lipinski definition) is 0. The summed E-state index contributed by atoms with van der Waals surface area (Å²) in [6, 6.07) is 42.7.